The molecule has 7 nitrogen and oxygen atoms in total. The molecule has 1 aromatic rings. The maximum atomic E-state index is 11.9. The summed E-state index contributed by atoms with van der Waals surface area (Å²) in [5.41, 5.74) is 6.28. The molecule has 1 unspecified atom stereocenters. The van der Waals surface area contributed by atoms with Gasteiger partial charge >= 0.3 is 0 Å². The van der Waals surface area contributed by atoms with Crippen LogP contribution >= 0.6 is 0 Å². The number of ether oxygens (including phenoxy) is 1. The van der Waals surface area contributed by atoms with Crippen LogP contribution in [0.15, 0.2) is 18.3 Å². The lowest BCUT2D eigenvalue weighted by molar-refractivity contribution is -0.123. The maximum Gasteiger partial charge on any atom is 0.229 e. The molecule has 2 saturated heterocycles. The Morgan fingerprint density at radius 2 is 2.10 bits per heavy atom. The van der Waals surface area contributed by atoms with Gasteiger partial charge in [-0.25, -0.2) is 4.98 Å². The van der Waals surface area contributed by atoms with Crippen molar-refractivity contribution in [1.29, 1.82) is 0 Å². The van der Waals surface area contributed by atoms with Gasteiger partial charge in [0, 0.05) is 26.1 Å². The van der Waals surface area contributed by atoms with E-state index in [1.165, 1.54) is 4.90 Å². The molecule has 2 amide bonds. The van der Waals surface area contributed by atoms with Gasteiger partial charge in [-0.3, -0.25) is 14.5 Å². The second-order valence-electron chi connectivity index (χ2n) is 5.28. The Bertz CT molecular complexity index is 540. The fraction of sp³-hybridized carbons (Fsp3) is 0.500. The van der Waals surface area contributed by atoms with Crippen molar-refractivity contribution in [2.45, 2.75) is 6.42 Å². The summed E-state index contributed by atoms with van der Waals surface area (Å²) < 4.78 is 5.32. The highest BCUT2D eigenvalue weighted by atomic mass is 16.5. The lowest BCUT2D eigenvalue weighted by Crippen LogP contribution is -2.36. The number of pyridine rings is 1. The van der Waals surface area contributed by atoms with Crippen LogP contribution in [-0.2, 0) is 14.3 Å². The van der Waals surface area contributed by atoms with E-state index in [-0.39, 0.29) is 12.3 Å². The van der Waals surface area contributed by atoms with E-state index in [9.17, 15) is 9.59 Å². The SMILES string of the molecule is NC(=O)C1CC(=O)N(c2ccc(N3CCOCC3)cn2)C1. The van der Waals surface area contributed by atoms with Gasteiger partial charge in [0.15, 0.2) is 0 Å². The molecule has 112 valence electrons. The summed E-state index contributed by atoms with van der Waals surface area (Å²) in [6, 6.07) is 3.75. The molecule has 0 aliphatic carbocycles. The Morgan fingerprint density at radius 1 is 1.33 bits per heavy atom. The minimum atomic E-state index is -0.434. The third-order valence-corrected chi connectivity index (χ3v) is 3.91. The van der Waals surface area contributed by atoms with Crippen LogP contribution in [0.2, 0.25) is 0 Å². The molecule has 0 spiro atoms. The molecule has 2 aliphatic heterocycles. The number of hydrogen-bond donors (Lipinski definition) is 1. The highest BCUT2D eigenvalue weighted by Gasteiger charge is 2.34. The number of nitrogens with two attached hydrogens (primary N) is 1. The third-order valence-electron chi connectivity index (χ3n) is 3.91. The van der Waals surface area contributed by atoms with Gasteiger partial charge in [0.05, 0.1) is 31.0 Å². The molecule has 7 heteroatoms. The molecule has 3 rings (SSSR count). The zero-order valence-corrected chi connectivity index (χ0v) is 11.7. The van der Waals surface area contributed by atoms with Crippen LogP contribution < -0.4 is 15.5 Å². The summed E-state index contributed by atoms with van der Waals surface area (Å²) in [5, 5.41) is 0. The molecule has 0 bridgehead atoms. The molecule has 2 N–H and O–H groups in total. The third kappa shape index (κ3) is 2.82. The molecule has 21 heavy (non-hydrogen) atoms. The average Bonchev–Trinajstić information content (AvgIpc) is 2.91. The molecule has 0 saturated carbocycles. The van der Waals surface area contributed by atoms with E-state index in [1.807, 2.05) is 12.1 Å². The smallest absolute Gasteiger partial charge is 0.229 e. The van der Waals surface area contributed by atoms with Gasteiger partial charge in [0.1, 0.15) is 5.82 Å². The molecular formula is C14H18N4O3. The molecule has 1 atom stereocenters. The molecular weight excluding hydrogens is 272 g/mol. The highest BCUT2D eigenvalue weighted by Crippen LogP contribution is 2.25. The number of hydrogen-bond acceptors (Lipinski definition) is 5. The second kappa shape index (κ2) is 5.69. The Balaban J connectivity index is 1.72. The van der Waals surface area contributed by atoms with E-state index in [2.05, 4.69) is 9.88 Å². The first-order valence-corrected chi connectivity index (χ1v) is 7.03. The van der Waals surface area contributed by atoms with Crippen LogP contribution in [-0.4, -0.2) is 49.6 Å². The minimum absolute atomic E-state index is 0.106. The normalized spacial score (nSPS) is 22.7. The number of primary amides is 1. The standard InChI is InChI=1S/C14H18N4O3/c15-14(20)10-7-13(19)18(9-10)12-2-1-11(8-16-12)17-3-5-21-6-4-17/h1-2,8,10H,3-7,9H2,(H2,15,20). The summed E-state index contributed by atoms with van der Waals surface area (Å²) in [5.74, 6) is -0.389. The number of amides is 2. The number of carbonyl (C=O) groups excluding carboxylic acids is 2. The van der Waals surface area contributed by atoms with Gasteiger partial charge < -0.3 is 15.4 Å². The molecule has 0 aromatic carbocycles. The van der Waals surface area contributed by atoms with Crippen molar-refractivity contribution in [1.82, 2.24) is 4.98 Å². The molecule has 0 radical (unpaired) electrons. The van der Waals surface area contributed by atoms with Crippen molar-refractivity contribution < 1.29 is 14.3 Å². The Kier molecular flexibility index (Phi) is 3.74. The largest absolute Gasteiger partial charge is 0.378 e. The van der Waals surface area contributed by atoms with Crippen LogP contribution in [0.3, 0.4) is 0 Å². The van der Waals surface area contributed by atoms with Crippen LogP contribution in [0, 0.1) is 5.92 Å². The molecule has 1 aromatic heterocycles. The molecule has 3 heterocycles. The lowest BCUT2D eigenvalue weighted by atomic mass is 10.1. The van der Waals surface area contributed by atoms with Crippen molar-refractivity contribution in [3.63, 3.8) is 0 Å². The van der Waals surface area contributed by atoms with E-state index >= 15 is 0 Å². The molecule has 2 fully saturated rings. The topological polar surface area (TPSA) is 88.8 Å². The van der Waals surface area contributed by atoms with E-state index in [0.717, 1.165) is 18.8 Å². The first kappa shape index (κ1) is 13.8. The fourth-order valence-corrected chi connectivity index (χ4v) is 2.67. The first-order chi connectivity index (χ1) is 10.1. The van der Waals surface area contributed by atoms with Crippen LogP contribution in [0.1, 0.15) is 6.42 Å². The maximum absolute atomic E-state index is 11.9. The van der Waals surface area contributed by atoms with Gasteiger partial charge in [0.2, 0.25) is 11.8 Å². The highest BCUT2D eigenvalue weighted by molar-refractivity contribution is 5.99. The predicted molar refractivity (Wildman–Crippen MR) is 76.9 cm³/mol. The van der Waals surface area contributed by atoms with Gasteiger partial charge in [-0.05, 0) is 12.1 Å². The number of carbonyl (C=O) groups is 2. The van der Waals surface area contributed by atoms with Crippen molar-refractivity contribution in [3.05, 3.63) is 18.3 Å². The van der Waals surface area contributed by atoms with E-state index in [0.29, 0.717) is 25.6 Å². The number of rotatable bonds is 3. The van der Waals surface area contributed by atoms with Crippen molar-refractivity contribution in [2.24, 2.45) is 11.7 Å². The summed E-state index contributed by atoms with van der Waals surface area (Å²) >= 11 is 0. The van der Waals surface area contributed by atoms with Crippen molar-refractivity contribution in [2.75, 3.05) is 42.6 Å². The van der Waals surface area contributed by atoms with Gasteiger partial charge in [0.25, 0.3) is 0 Å². The predicted octanol–water partition coefficient (Wildman–Crippen LogP) is -0.244. The zero-order chi connectivity index (χ0) is 14.8. The van der Waals surface area contributed by atoms with Gasteiger partial charge in [-0.2, -0.15) is 0 Å². The number of anilines is 2. The summed E-state index contributed by atoms with van der Waals surface area (Å²) in [7, 11) is 0. The lowest BCUT2D eigenvalue weighted by Gasteiger charge is -2.28. The van der Waals surface area contributed by atoms with E-state index in [1.54, 1.807) is 6.20 Å². The zero-order valence-electron chi connectivity index (χ0n) is 11.7. The van der Waals surface area contributed by atoms with Crippen LogP contribution in [0.25, 0.3) is 0 Å². The number of morpholine rings is 1. The summed E-state index contributed by atoms with van der Waals surface area (Å²) in [4.78, 5) is 31.2. The van der Waals surface area contributed by atoms with E-state index < -0.39 is 11.8 Å². The quantitative estimate of drug-likeness (QED) is 0.829. The van der Waals surface area contributed by atoms with E-state index in [4.69, 9.17) is 10.5 Å². The Hall–Kier alpha value is -2.15. The van der Waals surface area contributed by atoms with Crippen molar-refractivity contribution in [3.8, 4) is 0 Å². The van der Waals surface area contributed by atoms with Gasteiger partial charge in [-0.15, -0.1) is 0 Å². The Labute approximate surface area is 122 Å². The summed E-state index contributed by atoms with van der Waals surface area (Å²) in [6.07, 6.45) is 1.92. The first-order valence-electron chi connectivity index (χ1n) is 7.03. The second-order valence-corrected chi connectivity index (χ2v) is 5.28. The average molecular weight is 290 g/mol. The number of nitrogens with zero attached hydrogens (tertiary/aromatic N) is 3. The monoisotopic (exact) mass is 290 g/mol. The minimum Gasteiger partial charge on any atom is -0.378 e. The van der Waals surface area contributed by atoms with Gasteiger partial charge in [-0.1, -0.05) is 0 Å². The molecule has 2 aliphatic rings. The van der Waals surface area contributed by atoms with Crippen LogP contribution in [0.5, 0.6) is 0 Å². The fourth-order valence-electron chi connectivity index (χ4n) is 2.67. The Morgan fingerprint density at radius 3 is 2.67 bits per heavy atom. The number of aromatic nitrogens is 1. The summed E-state index contributed by atoms with van der Waals surface area (Å²) in [6.45, 7) is 3.43. The van der Waals surface area contributed by atoms with Crippen LogP contribution in [0.4, 0.5) is 11.5 Å². The van der Waals surface area contributed by atoms with Crippen molar-refractivity contribution >= 4 is 23.3 Å².